The van der Waals surface area contributed by atoms with Gasteiger partial charge in [0.15, 0.2) is 10.8 Å². The molecule has 0 saturated heterocycles. The monoisotopic (exact) mass is 320 g/mol. The highest BCUT2D eigenvalue weighted by Crippen LogP contribution is 2.34. The minimum Gasteiger partial charge on any atom is -0.456 e. The van der Waals surface area contributed by atoms with E-state index in [1.165, 1.54) is 6.33 Å². The number of nitrogens with zero attached hydrogens (tertiary/aromatic N) is 4. The van der Waals surface area contributed by atoms with Crippen LogP contribution in [0.5, 0.6) is 0 Å². The molecule has 0 bridgehead atoms. The second-order valence-corrected chi connectivity index (χ2v) is 5.56. The summed E-state index contributed by atoms with van der Waals surface area (Å²) in [6, 6.07) is 13.9. The van der Waals surface area contributed by atoms with E-state index in [1.807, 2.05) is 47.0 Å². The number of benzene rings is 2. The SMILES string of the molecule is Clc1ncnc2c1ncn2-c1cccc2oc3ccccc3c12. The number of hydrogen-bond acceptors (Lipinski definition) is 4. The van der Waals surface area contributed by atoms with Crippen LogP contribution in [0.25, 0.3) is 38.8 Å². The Hall–Kier alpha value is -2.92. The van der Waals surface area contributed by atoms with Crippen molar-refractivity contribution in [2.75, 3.05) is 0 Å². The smallest absolute Gasteiger partial charge is 0.169 e. The molecular weight excluding hydrogens is 312 g/mol. The second kappa shape index (κ2) is 4.54. The van der Waals surface area contributed by atoms with Gasteiger partial charge in [-0.15, -0.1) is 0 Å². The summed E-state index contributed by atoms with van der Waals surface area (Å²) >= 11 is 6.10. The maximum absolute atomic E-state index is 6.10. The molecule has 0 saturated carbocycles. The Kier molecular flexibility index (Phi) is 2.49. The first-order valence-electron chi connectivity index (χ1n) is 7.07. The van der Waals surface area contributed by atoms with Gasteiger partial charge in [-0.05, 0) is 18.2 Å². The molecule has 2 aromatic carbocycles. The van der Waals surface area contributed by atoms with Crippen molar-refractivity contribution >= 4 is 44.7 Å². The summed E-state index contributed by atoms with van der Waals surface area (Å²) in [7, 11) is 0. The van der Waals surface area contributed by atoms with Crippen LogP contribution < -0.4 is 0 Å². The van der Waals surface area contributed by atoms with Crippen LogP contribution in [0, 0.1) is 0 Å². The van der Waals surface area contributed by atoms with Crippen molar-refractivity contribution in [3.8, 4) is 5.69 Å². The van der Waals surface area contributed by atoms with Gasteiger partial charge in [-0.1, -0.05) is 35.9 Å². The van der Waals surface area contributed by atoms with E-state index in [-0.39, 0.29) is 0 Å². The third kappa shape index (κ3) is 1.71. The van der Waals surface area contributed by atoms with Crippen molar-refractivity contribution in [2.45, 2.75) is 0 Å². The molecular formula is C17H9ClN4O. The number of para-hydroxylation sites is 1. The first-order chi connectivity index (χ1) is 11.3. The lowest BCUT2D eigenvalue weighted by Gasteiger charge is -2.05. The van der Waals surface area contributed by atoms with Crippen molar-refractivity contribution in [1.82, 2.24) is 19.5 Å². The largest absolute Gasteiger partial charge is 0.456 e. The molecule has 0 fully saturated rings. The van der Waals surface area contributed by atoms with Gasteiger partial charge in [-0.3, -0.25) is 4.57 Å². The third-order valence-electron chi connectivity index (χ3n) is 3.93. The second-order valence-electron chi connectivity index (χ2n) is 5.20. The summed E-state index contributed by atoms with van der Waals surface area (Å²) in [5.74, 6) is 0. The van der Waals surface area contributed by atoms with E-state index in [2.05, 4.69) is 15.0 Å². The molecule has 0 amide bonds. The Morgan fingerprint density at radius 2 is 1.78 bits per heavy atom. The van der Waals surface area contributed by atoms with E-state index < -0.39 is 0 Å². The molecule has 3 heterocycles. The molecule has 6 heteroatoms. The van der Waals surface area contributed by atoms with Crippen molar-refractivity contribution in [3.05, 3.63) is 60.3 Å². The van der Waals surface area contributed by atoms with Gasteiger partial charge in [0.25, 0.3) is 0 Å². The predicted octanol–water partition coefficient (Wildman–Crippen LogP) is 4.37. The van der Waals surface area contributed by atoms with E-state index in [0.717, 1.165) is 27.6 Å². The Morgan fingerprint density at radius 3 is 2.74 bits per heavy atom. The van der Waals surface area contributed by atoms with Crippen LogP contribution in [-0.2, 0) is 0 Å². The zero-order chi connectivity index (χ0) is 15.4. The third-order valence-corrected chi connectivity index (χ3v) is 4.21. The number of imidazole rings is 1. The molecule has 110 valence electrons. The molecule has 0 spiro atoms. The van der Waals surface area contributed by atoms with E-state index in [4.69, 9.17) is 16.0 Å². The lowest BCUT2D eigenvalue weighted by Crippen LogP contribution is -1.95. The summed E-state index contributed by atoms with van der Waals surface area (Å²) in [6.45, 7) is 0. The molecule has 0 N–H and O–H groups in total. The van der Waals surface area contributed by atoms with Crippen molar-refractivity contribution in [2.24, 2.45) is 0 Å². The zero-order valence-electron chi connectivity index (χ0n) is 11.8. The lowest BCUT2D eigenvalue weighted by molar-refractivity contribution is 0.669. The van der Waals surface area contributed by atoms with E-state index in [1.54, 1.807) is 6.33 Å². The average Bonchev–Trinajstić information content (AvgIpc) is 3.16. The van der Waals surface area contributed by atoms with Gasteiger partial charge in [0.05, 0.1) is 11.1 Å². The minimum absolute atomic E-state index is 0.345. The number of fused-ring (bicyclic) bond motifs is 4. The average molecular weight is 321 g/mol. The van der Waals surface area contributed by atoms with Crippen molar-refractivity contribution in [1.29, 1.82) is 0 Å². The fourth-order valence-corrected chi connectivity index (χ4v) is 3.12. The molecule has 0 aliphatic heterocycles. The van der Waals surface area contributed by atoms with E-state index >= 15 is 0 Å². The van der Waals surface area contributed by atoms with Gasteiger partial charge < -0.3 is 4.42 Å². The fourth-order valence-electron chi connectivity index (χ4n) is 2.94. The predicted molar refractivity (Wildman–Crippen MR) is 88.9 cm³/mol. The molecule has 0 radical (unpaired) electrons. The van der Waals surface area contributed by atoms with E-state index in [9.17, 15) is 0 Å². The normalized spacial score (nSPS) is 11.7. The topological polar surface area (TPSA) is 56.7 Å². The first-order valence-corrected chi connectivity index (χ1v) is 7.45. The summed E-state index contributed by atoms with van der Waals surface area (Å²) in [4.78, 5) is 12.6. The molecule has 3 aromatic heterocycles. The molecule has 5 rings (SSSR count). The standard InChI is InChI=1S/C17H9ClN4O/c18-16-15-17(20-8-19-16)22(9-21-15)11-5-3-7-13-14(11)10-4-1-2-6-12(10)23-13/h1-9H. The molecule has 0 aliphatic carbocycles. The molecule has 0 unspecified atom stereocenters. The van der Waals surface area contributed by atoms with Gasteiger partial charge in [-0.25, -0.2) is 15.0 Å². The highest BCUT2D eigenvalue weighted by molar-refractivity contribution is 6.33. The molecule has 23 heavy (non-hydrogen) atoms. The lowest BCUT2D eigenvalue weighted by atomic mass is 10.1. The van der Waals surface area contributed by atoms with Gasteiger partial charge in [0.2, 0.25) is 0 Å². The van der Waals surface area contributed by atoms with Crippen LogP contribution >= 0.6 is 11.6 Å². The number of aromatic nitrogens is 4. The van der Waals surface area contributed by atoms with Gasteiger partial charge in [-0.2, -0.15) is 0 Å². The van der Waals surface area contributed by atoms with Gasteiger partial charge >= 0.3 is 0 Å². The Bertz CT molecular complexity index is 1190. The van der Waals surface area contributed by atoms with Crippen molar-refractivity contribution < 1.29 is 4.42 Å². The first kappa shape index (κ1) is 12.6. The van der Waals surface area contributed by atoms with Crippen LogP contribution in [-0.4, -0.2) is 19.5 Å². The van der Waals surface area contributed by atoms with Crippen molar-refractivity contribution in [3.63, 3.8) is 0 Å². The molecule has 0 atom stereocenters. The summed E-state index contributed by atoms with van der Waals surface area (Å²) in [6.07, 6.45) is 3.15. The summed E-state index contributed by atoms with van der Waals surface area (Å²) in [5.41, 5.74) is 3.88. The van der Waals surface area contributed by atoms with Crippen LogP contribution in [0.4, 0.5) is 0 Å². The highest BCUT2D eigenvalue weighted by atomic mass is 35.5. The zero-order valence-corrected chi connectivity index (χ0v) is 12.5. The minimum atomic E-state index is 0.345. The summed E-state index contributed by atoms with van der Waals surface area (Å²) < 4.78 is 7.84. The molecule has 5 aromatic rings. The Morgan fingerprint density at radius 1 is 0.913 bits per heavy atom. The highest BCUT2D eigenvalue weighted by Gasteiger charge is 2.15. The van der Waals surface area contributed by atoms with Crippen LogP contribution in [0.2, 0.25) is 5.15 Å². The van der Waals surface area contributed by atoms with Gasteiger partial charge in [0.1, 0.15) is 29.3 Å². The Labute approximate surface area is 135 Å². The quantitative estimate of drug-likeness (QED) is 0.430. The molecule has 0 aliphatic rings. The Balaban J connectivity index is 1.94. The number of hydrogen-bond donors (Lipinski definition) is 0. The maximum Gasteiger partial charge on any atom is 0.169 e. The number of rotatable bonds is 1. The van der Waals surface area contributed by atoms with Crippen LogP contribution in [0.3, 0.4) is 0 Å². The van der Waals surface area contributed by atoms with Gasteiger partial charge in [0, 0.05) is 5.39 Å². The van der Waals surface area contributed by atoms with E-state index in [0.29, 0.717) is 16.3 Å². The fraction of sp³-hybridized carbons (Fsp3) is 0. The van der Waals surface area contributed by atoms with Crippen LogP contribution in [0.15, 0.2) is 59.5 Å². The number of halogens is 1. The summed E-state index contributed by atoms with van der Waals surface area (Å²) in [5, 5.41) is 2.43. The van der Waals surface area contributed by atoms with Crippen LogP contribution in [0.1, 0.15) is 0 Å². The molecule has 5 nitrogen and oxygen atoms in total. The maximum atomic E-state index is 6.10. The number of furan rings is 1.